The summed E-state index contributed by atoms with van der Waals surface area (Å²) in [6, 6.07) is 0. The second kappa shape index (κ2) is 8.25. The Kier molecular flexibility index (Phi) is 7.06. The Balaban J connectivity index is 2.02. The quantitative estimate of drug-likeness (QED) is 0.682. The molecule has 84 valence electrons. The van der Waals surface area contributed by atoms with Crippen LogP contribution in [0, 0.1) is 0 Å². The lowest BCUT2D eigenvalue weighted by atomic mass is 10.1. The zero-order valence-electron chi connectivity index (χ0n) is 9.73. The van der Waals surface area contributed by atoms with Crippen LogP contribution in [0.5, 0.6) is 0 Å². The van der Waals surface area contributed by atoms with Crippen LogP contribution in [-0.4, -0.2) is 37.6 Å². The fourth-order valence-electron chi connectivity index (χ4n) is 2.08. The van der Waals surface area contributed by atoms with E-state index in [0.29, 0.717) is 0 Å². The van der Waals surface area contributed by atoms with Crippen LogP contribution in [-0.2, 0) is 0 Å². The zero-order chi connectivity index (χ0) is 10.1. The maximum Gasteiger partial charge on any atom is 0.0107 e. The summed E-state index contributed by atoms with van der Waals surface area (Å²) in [6.07, 6.45) is 8.42. The lowest BCUT2D eigenvalue weighted by Gasteiger charge is -2.24. The van der Waals surface area contributed by atoms with Gasteiger partial charge in [-0.25, -0.2) is 0 Å². The van der Waals surface area contributed by atoms with Crippen molar-refractivity contribution in [2.75, 3.05) is 32.7 Å². The predicted molar refractivity (Wildman–Crippen MR) is 62.7 cm³/mol. The van der Waals surface area contributed by atoms with Crippen molar-refractivity contribution in [2.45, 2.75) is 45.4 Å². The highest BCUT2D eigenvalue weighted by Crippen LogP contribution is 2.09. The van der Waals surface area contributed by atoms with Gasteiger partial charge >= 0.3 is 0 Å². The fraction of sp³-hybridized carbons (Fsp3) is 1.00. The molecule has 1 aliphatic heterocycles. The summed E-state index contributed by atoms with van der Waals surface area (Å²) in [5.41, 5.74) is 0. The lowest BCUT2D eigenvalue weighted by Crippen LogP contribution is -2.34. The van der Waals surface area contributed by atoms with E-state index in [1.807, 2.05) is 0 Å². The van der Waals surface area contributed by atoms with E-state index in [1.54, 1.807) is 0 Å². The molecule has 0 atom stereocenters. The molecule has 0 aliphatic carbocycles. The third kappa shape index (κ3) is 5.61. The molecule has 1 saturated heterocycles. The first-order valence-corrected chi connectivity index (χ1v) is 6.36. The van der Waals surface area contributed by atoms with E-state index < -0.39 is 0 Å². The maximum absolute atomic E-state index is 3.48. The standard InChI is InChI=1S/C12H26N2/c1-2-8-13-9-12-14-10-6-4-3-5-7-11-14/h13H,2-12H2,1H3. The first kappa shape index (κ1) is 12.0. The number of hydrogen-bond donors (Lipinski definition) is 1. The van der Waals surface area contributed by atoms with Crippen molar-refractivity contribution in [3.63, 3.8) is 0 Å². The molecule has 0 aromatic rings. The summed E-state index contributed by atoms with van der Waals surface area (Å²) in [5.74, 6) is 0. The van der Waals surface area contributed by atoms with Crippen molar-refractivity contribution in [1.29, 1.82) is 0 Å². The Bertz CT molecular complexity index is 117. The lowest BCUT2D eigenvalue weighted by molar-refractivity contribution is 0.247. The normalized spacial score (nSPS) is 20.4. The molecule has 0 amide bonds. The van der Waals surface area contributed by atoms with Crippen molar-refractivity contribution in [3.8, 4) is 0 Å². The second-order valence-electron chi connectivity index (χ2n) is 4.36. The minimum Gasteiger partial charge on any atom is -0.315 e. The molecule has 0 aromatic carbocycles. The number of hydrogen-bond acceptors (Lipinski definition) is 2. The van der Waals surface area contributed by atoms with Gasteiger partial charge in [0.05, 0.1) is 0 Å². The third-order valence-electron chi connectivity index (χ3n) is 2.98. The molecule has 0 radical (unpaired) electrons. The minimum absolute atomic E-state index is 1.17. The Labute approximate surface area is 89.1 Å². The molecule has 1 rings (SSSR count). The van der Waals surface area contributed by atoms with Crippen LogP contribution < -0.4 is 5.32 Å². The highest BCUT2D eigenvalue weighted by Gasteiger charge is 2.06. The molecule has 0 saturated carbocycles. The molecule has 2 heteroatoms. The van der Waals surface area contributed by atoms with Gasteiger partial charge in [-0.05, 0) is 38.9 Å². The van der Waals surface area contributed by atoms with Crippen molar-refractivity contribution >= 4 is 0 Å². The van der Waals surface area contributed by atoms with Gasteiger partial charge in [0.25, 0.3) is 0 Å². The molecule has 0 unspecified atom stereocenters. The van der Waals surface area contributed by atoms with Crippen LogP contribution in [0.15, 0.2) is 0 Å². The molecule has 1 N–H and O–H groups in total. The molecule has 0 aromatic heterocycles. The molecule has 0 bridgehead atoms. The van der Waals surface area contributed by atoms with Gasteiger partial charge < -0.3 is 10.2 Å². The third-order valence-corrected chi connectivity index (χ3v) is 2.98. The molecule has 1 fully saturated rings. The summed E-state index contributed by atoms with van der Waals surface area (Å²) in [6.45, 7) is 8.48. The second-order valence-corrected chi connectivity index (χ2v) is 4.36. The van der Waals surface area contributed by atoms with Crippen LogP contribution in [0.2, 0.25) is 0 Å². The maximum atomic E-state index is 3.48. The predicted octanol–water partition coefficient (Wildman–Crippen LogP) is 2.25. The summed E-state index contributed by atoms with van der Waals surface area (Å²) in [4.78, 5) is 2.63. The van der Waals surface area contributed by atoms with E-state index >= 15 is 0 Å². The van der Waals surface area contributed by atoms with Gasteiger partial charge in [0.2, 0.25) is 0 Å². The van der Waals surface area contributed by atoms with Crippen molar-refractivity contribution < 1.29 is 0 Å². The van der Waals surface area contributed by atoms with Gasteiger partial charge in [-0.2, -0.15) is 0 Å². The van der Waals surface area contributed by atoms with Crippen LogP contribution in [0.1, 0.15) is 45.4 Å². The van der Waals surface area contributed by atoms with Crippen molar-refractivity contribution in [3.05, 3.63) is 0 Å². The first-order chi connectivity index (χ1) is 6.93. The highest BCUT2D eigenvalue weighted by atomic mass is 15.1. The van der Waals surface area contributed by atoms with Crippen molar-refractivity contribution in [1.82, 2.24) is 10.2 Å². The Morgan fingerprint density at radius 2 is 1.57 bits per heavy atom. The number of likely N-dealkylation sites (tertiary alicyclic amines) is 1. The van der Waals surface area contributed by atoms with Crippen LogP contribution in [0.3, 0.4) is 0 Å². The molecule has 0 spiro atoms. The molecular weight excluding hydrogens is 172 g/mol. The van der Waals surface area contributed by atoms with Crippen LogP contribution >= 0.6 is 0 Å². The molecular formula is C12H26N2. The minimum atomic E-state index is 1.17. The zero-order valence-corrected chi connectivity index (χ0v) is 9.73. The Morgan fingerprint density at radius 1 is 0.929 bits per heavy atom. The monoisotopic (exact) mass is 198 g/mol. The average molecular weight is 198 g/mol. The van der Waals surface area contributed by atoms with Gasteiger partial charge in [0.15, 0.2) is 0 Å². The summed E-state index contributed by atoms with van der Waals surface area (Å²) in [7, 11) is 0. The number of nitrogens with one attached hydrogen (secondary N) is 1. The topological polar surface area (TPSA) is 15.3 Å². The van der Waals surface area contributed by atoms with E-state index in [2.05, 4.69) is 17.1 Å². The van der Waals surface area contributed by atoms with Crippen molar-refractivity contribution in [2.24, 2.45) is 0 Å². The molecule has 2 nitrogen and oxygen atoms in total. The summed E-state index contributed by atoms with van der Waals surface area (Å²) >= 11 is 0. The first-order valence-electron chi connectivity index (χ1n) is 6.36. The van der Waals surface area contributed by atoms with Gasteiger partial charge in [-0.3, -0.25) is 0 Å². The molecule has 1 heterocycles. The Morgan fingerprint density at radius 3 is 2.21 bits per heavy atom. The van der Waals surface area contributed by atoms with Crippen LogP contribution in [0.25, 0.3) is 0 Å². The van der Waals surface area contributed by atoms with Crippen LogP contribution in [0.4, 0.5) is 0 Å². The van der Waals surface area contributed by atoms with E-state index in [1.165, 1.54) is 71.2 Å². The van der Waals surface area contributed by atoms with Gasteiger partial charge in [0.1, 0.15) is 0 Å². The molecule has 1 aliphatic rings. The highest BCUT2D eigenvalue weighted by molar-refractivity contribution is 4.63. The van der Waals surface area contributed by atoms with Gasteiger partial charge in [-0.15, -0.1) is 0 Å². The fourth-order valence-corrected chi connectivity index (χ4v) is 2.08. The number of rotatable bonds is 5. The van der Waals surface area contributed by atoms with Gasteiger partial charge in [0, 0.05) is 13.1 Å². The van der Waals surface area contributed by atoms with E-state index in [0.717, 1.165) is 0 Å². The molecule has 14 heavy (non-hydrogen) atoms. The summed E-state index contributed by atoms with van der Waals surface area (Å²) < 4.78 is 0. The number of nitrogens with zero attached hydrogens (tertiary/aromatic N) is 1. The van der Waals surface area contributed by atoms with E-state index in [-0.39, 0.29) is 0 Å². The Hall–Kier alpha value is -0.0800. The average Bonchev–Trinajstić information content (AvgIpc) is 2.15. The van der Waals surface area contributed by atoms with Gasteiger partial charge in [-0.1, -0.05) is 26.2 Å². The van der Waals surface area contributed by atoms with E-state index in [4.69, 9.17) is 0 Å². The van der Waals surface area contributed by atoms with E-state index in [9.17, 15) is 0 Å². The SMILES string of the molecule is CCCNCCN1CCCCCCC1. The summed E-state index contributed by atoms with van der Waals surface area (Å²) in [5, 5.41) is 3.48. The smallest absolute Gasteiger partial charge is 0.0107 e. The largest absolute Gasteiger partial charge is 0.315 e.